The zero-order chi connectivity index (χ0) is 21.9. The van der Waals surface area contributed by atoms with Crippen LogP contribution in [0.3, 0.4) is 0 Å². The molecule has 0 saturated heterocycles. The molecule has 30 heavy (non-hydrogen) atoms. The predicted octanol–water partition coefficient (Wildman–Crippen LogP) is 6.29. The molecule has 2 aliphatic rings. The largest absolute Gasteiger partial charge is 0.508 e. The molecule has 166 valence electrons. The van der Waals surface area contributed by atoms with E-state index >= 15 is 0 Å². The molecule has 0 radical (unpaired) electrons. The first kappa shape index (κ1) is 23.0. The van der Waals surface area contributed by atoms with Gasteiger partial charge in [-0.25, -0.2) is 0 Å². The van der Waals surface area contributed by atoms with Crippen LogP contribution in [0.5, 0.6) is 11.5 Å². The molecule has 1 fully saturated rings. The van der Waals surface area contributed by atoms with Gasteiger partial charge in [0.15, 0.2) is 0 Å². The average Bonchev–Trinajstić information content (AvgIpc) is 2.68. The van der Waals surface area contributed by atoms with E-state index in [1.54, 1.807) is 0 Å². The van der Waals surface area contributed by atoms with Gasteiger partial charge in [-0.15, -0.1) is 6.42 Å². The normalized spacial score (nSPS) is 25.0. The summed E-state index contributed by atoms with van der Waals surface area (Å²) in [6.07, 6.45) is 14.8. The Morgan fingerprint density at radius 1 is 1.23 bits per heavy atom. The highest BCUT2D eigenvalue weighted by molar-refractivity contribution is 5.53. The lowest BCUT2D eigenvalue weighted by molar-refractivity contribution is -0.0119. The van der Waals surface area contributed by atoms with E-state index in [9.17, 15) is 5.11 Å². The van der Waals surface area contributed by atoms with Crippen LogP contribution in [-0.2, 0) is 5.41 Å². The lowest BCUT2D eigenvalue weighted by Crippen LogP contribution is -2.49. The SMILES string of the molecule is C#CCNC1CCC2C(C1)c1c(O)cc(C(C)(C)CCCCCC)cc1OC2(C)C. The molecule has 1 heterocycles. The predicted molar refractivity (Wildman–Crippen MR) is 125 cm³/mol. The van der Waals surface area contributed by atoms with Crippen LogP contribution in [0.4, 0.5) is 0 Å². The van der Waals surface area contributed by atoms with E-state index in [0.29, 0.717) is 30.2 Å². The quantitative estimate of drug-likeness (QED) is 0.390. The highest BCUT2D eigenvalue weighted by Gasteiger charge is 2.47. The second kappa shape index (κ2) is 9.23. The van der Waals surface area contributed by atoms with Crippen molar-refractivity contribution in [2.24, 2.45) is 5.92 Å². The van der Waals surface area contributed by atoms with Crippen LogP contribution in [0.2, 0.25) is 0 Å². The zero-order valence-electron chi connectivity index (χ0n) is 19.7. The standard InChI is InChI=1S/C27H41NO2/c1-7-9-10-11-14-26(3,4)19-16-23(29)25-21-18-20(28-15-8-2)12-13-22(21)27(5,6)30-24(25)17-19/h2,16-17,20-22,28-29H,7,9-15,18H2,1,3-6H3. The highest BCUT2D eigenvalue weighted by Crippen LogP contribution is 2.55. The molecule has 1 aromatic carbocycles. The number of ether oxygens (including phenoxy) is 1. The number of nitrogens with one attached hydrogen (secondary N) is 1. The molecule has 1 saturated carbocycles. The van der Waals surface area contributed by atoms with Gasteiger partial charge in [0.2, 0.25) is 0 Å². The van der Waals surface area contributed by atoms with E-state index in [4.69, 9.17) is 11.2 Å². The van der Waals surface area contributed by atoms with Gasteiger partial charge in [-0.3, -0.25) is 0 Å². The molecule has 0 amide bonds. The van der Waals surface area contributed by atoms with E-state index in [1.807, 2.05) is 6.07 Å². The molecule has 0 aromatic heterocycles. The Bertz CT molecular complexity index is 774. The molecule has 1 aromatic rings. The van der Waals surface area contributed by atoms with Crippen molar-refractivity contribution in [3.8, 4) is 23.8 Å². The minimum atomic E-state index is -0.231. The van der Waals surface area contributed by atoms with Gasteiger partial charge in [0.05, 0.1) is 6.54 Å². The number of fused-ring (bicyclic) bond motifs is 3. The number of phenolic OH excluding ortho intramolecular Hbond substituents is 1. The van der Waals surface area contributed by atoms with Crippen LogP contribution >= 0.6 is 0 Å². The van der Waals surface area contributed by atoms with Crippen LogP contribution in [-0.4, -0.2) is 23.3 Å². The first-order valence-electron chi connectivity index (χ1n) is 11.9. The molecule has 3 rings (SSSR count). The minimum Gasteiger partial charge on any atom is -0.508 e. The summed E-state index contributed by atoms with van der Waals surface area (Å²) in [4.78, 5) is 0. The van der Waals surface area contributed by atoms with Crippen molar-refractivity contribution in [2.45, 2.75) is 109 Å². The number of unbranched alkanes of at least 4 members (excludes halogenated alkanes) is 3. The molecule has 3 unspecified atom stereocenters. The van der Waals surface area contributed by atoms with E-state index < -0.39 is 0 Å². The molecule has 3 heteroatoms. The number of phenols is 1. The van der Waals surface area contributed by atoms with Crippen LogP contribution in [0.25, 0.3) is 0 Å². The summed E-state index contributed by atoms with van der Waals surface area (Å²) in [6, 6.07) is 4.62. The molecule has 3 atom stereocenters. The van der Waals surface area contributed by atoms with Gasteiger partial charge >= 0.3 is 0 Å². The molecule has 3 nitrogen and oxygen atoms in total. The smallest absolute Gasteiger partial charge is 0.127 e. The van der Waals surface area contributed by atoms with Gasteiger partial charge < -0.3 is 15.2 Å². The third kappa shape index (κ3) is 4.80. The van der Waals surface area contributed by atoms with Crippen molar-refractivity contribution in [1.29, 1.82) is 0 Å². The van der Waals surface area contributed by atoms with Crippen molar-refractivity contribution in [2.75, 3.05) is 6.54 Å². The molecule has 1 aliphatic heterocycles. The Balaban J connectivity index is 1.89. The minimum absolute atomic E-state index is 0.0219. The van der Waals surface area contributed by atoms with Crippen molar-refractivity contribution >= 4 is 0 Å². The summed E-state index contributed by atoms with van der Waals surface area (Å²) in [7, 11) is 0. The topological polar surface area (TPSA) is 41.5 Å². The molecule has 0 spiro atoms. The van der Waals surface area contributed by atoms with E-state index in [0.717, 1.165) is 37.0 Å². The molecule has 1 aliphatic carbocycles. The summed E-state index contributed by atoms with van der Waals surface area (Å²) in [5.41, 5.74) is 1.98. The van der Waals surface area contributed by atoms with Crippen molar-refractivity contribution < 1.29 is 9.84 Å². The monoisotopic (exact) mass is 411 g/mol. The lowest BCUT2D eigenvalue weighted by Gasteiger charge is -2.49. The lowest BCUT2D eigenvalue weighted by atomic mass is 9.65. The number of aromatic hydroxyl groups is 1. The van der Waals surface area contributed by atoms with Gasteiger partial charge in [0.25, 0.3) is 0 Å². The van der Waals surface area contributed by atoms with Crippen molar-refractivity contribution in [3.05, 3.63) is 23.3 Å². The fourth-order valence-corrected chi connectivity index (χ4v) is 5.67. The third-order valence-electron chi connectivity index (χ3n) is 7.54. The average molecular weight is 412 g/mol. The van der Waals surface area contributed by atoms with Crippen LogP contribution in [0.1, 0.15) is 103 Å². The number of benzene rings is 1. The second-order valence-electron chi connectivity index (χ2n) is 10.6. The summed E-state index contributed by atoms with van der Waals surface area (Å²) >= 11 is 0. The maximum absolute atomic E-state index is 11.1. The summed E-state index contributed by atoms with van der Waals surface area (Å²) in [5, 5.41) is 14.6. The molecular formula is C27H41NO2. The molecule has 2 N–H and O–H groups in total. The number of rotatable bonds is 8. The molecular weight excluding hydrogens is 370 g/mol. The fraction of sp³-hybridized carbons (Fsp3) is 0.704. The Hall–Kier alpha value is -1.66. The van der Waals surface area contributed by atoms with Crippen molar-refractivity contribution in [1.82, 2.24) is 5.32 Å². The summed E-state index contributed by atoms with van der Waals surface area (Å²) in [6.45, 7) is 11.8. The first-order chi connectivity index (χ1) is 14.2. The van der Waals surface area contributed by atoms with Gasteiger partial charge in [-0.05, 0) is 68.6 Å². The van der Waals surface area contributed by atoms with Crippen LogP contribution in [0, 0.1) is 18.3 Å². The van der Waals surface area contributed by atoms with Gasteiger partial charge in [-0.1, -0.05) is 52.4 Å². The number of terminal acetylenes is 1. The zero-order valence-corrected chi connectivity index (χ0v) is 19.7. The van der Waals surface area contributed by atoms with E-state index in [-0.39, 0.29) is 11.0 Å². The highest BCUT2D eigenvalue weighted by atomic mass is 16.5. The molecule has 0 bridgehead atoms. The first-order valence-corrected chi connectivity index (χ1v) is 11.9. The van der Waals surface area contributed by atoms with E-state index in [1.165, 1.54) is 31.2 Å². The Morgan fingerprint density at radius 2 is 2.00 bits per heavy atom. The summed E-state index contributed by atoms with van der Waals surface area (Å²) in [5.74, 6) is 4.70. The second-order valence-corrected chi connectivity index (χ2v) is 10.6. The Labute approximate surface area is 184 Å². The van der Waals surface area contributed by atoms with Crippen LogP contribution < -0.4 is 10.1 Å². The number of hydrogen-bond donors (Lipinski definition) is 2. The van der Waals surface area contributed by atoms with Gasteiger partial charge in [0, 0.05) is 17.5 Å². The maximum Gasteiger partial charge on any atom is 0.127 e. The number of hydrogen-bond acceptors (Lipinski definition) is 3. The third-order valence-corrected chi connectivity index (χ3v) is 7.54. The summed E-state index contributed by atoms with van der Waals surface area (Å²) < 4.78 is 6.55. The van der Waals surface area contributed by atoms with Gasteiger partial charge in [-0.2, -0.15) is 0 Å². The van der Waals surface area contributed by atoms with Crippen molar-refractivity contribution in [3.63, 3.8) is 0 Å². The Morgan fingerprint density at radius 3 is 2.70 bits per heavy atom. The van der Waals surface area contributed by atoms with Crippen LogP contribution in [0.15, 0.2) is 12.1 Å². The maximum atomic E-state index is 11.1. The van der Waals surface area contributed by atoms with E-state index in [2.05, 4.69) is 51.9 Å². The Kier molecular flexibility index (Phi) is 7.08. The van der Waals surface area contributed by atoms with Gasteiger partial charge in [0.1, 0.15) is 17.1 Å². The fourth-order valence-electron chi connectivity index (χ4n) is 5.67.